The lowest BCUT2D eigenvalue weighted by Crippen LogP contribution is -2.53. The Morgan fingerprint density at radius 3 is 2.57 bits per heavy atom. The maximum Gasteiger partial charge on any atom is 0.315 e. The highest BCUT2D eigenvalue weighted by molar-refractivity contribution is 5.74. The summed E-state index contributed by atoms with van der Waals surface area (Å²) in [5, 5.41) is 16.0. The van der Waals surface area contributed by atoms with E-state index < -0.39 is 0 Å². The second kappa shape index (κ2) is 9.45. The number of carbonyl (C=O) groups excluding carboxylic acids is 1. The molecule has 2 amide bonds. The number of aliphatic hydroxyl groups is 1. The zero-order chi connectivity index (χ0) is 16.7. The van der Waals surface area contributed by atoms with Gasteiger partial charge >= 0.3 is 6.03 Å². The Balaban J connectivity index is 1.61. The average molecular weight is 327 g/mol. The molecule has 1 heterocycles. The van der Waals surface area contributed by atoms with Crippen LogP contribution < -0.4 is 10.6 Å². The molecular formula is C17H33N3O3. The number of hydrogen-bond acceptors (Lipinski definition) is 4. The monoisotopic (exact) mass is 327 g/mol. The van der Waals surface area contributed by atoms with Crippen LogP contribution in [-0.4, -0.2) is 66.6 Å². The molecule has 1 saturated carbocycles. The summed E-state index contributed by atoms with van der Waals surface area (Å²) in [6.45, 7) is 6.97. The highest BCUT2D eigenvalue weighted by Gasteiger charge is 2.31. The minimum Gasteiger partial charge on any atom is -0.391 e. The van der Waals surface area contributed by atoms with Gasteiger partial charge < -0.3 is 20.5 Å². The number of likely N-dealkylation sites (tertiary alicyclic amines) is 1. The molecule has 1 aliphatic carbocycles. The van der Waals surface area contributed by atoms with E-state index in [-0.39, 0.29) is 24.3 Å². The van der Waals surface area contributed by atoms with Gasteiger partial charge in [-0.25, -0.2) is 4.79 Å². The average Bonchev–Trinajstić information content (AvgIpc) is 2.53. The summed E-state index contributed by atoms with van der Waals surface area (Å²) in [5.74, 6) is 0. The number of hydrogen-bond donors (Lipinski definition) is 3. The van der Waals surface area contributed by atoms with E-state index in [1.165, 1.54) is 6.42 Å². The van der Waals surface area contributed by atoms with E-state index in [0.717, 1.165) is 45.2 Å². The van der Waals surface area contributed by atoms with Gasteiger partial charge in [-0.2, -0.15) is 0 Å². The van der Waals surface area contributed by atoms with Gasteiger partial charge in [-0.1, -0.05) is 12.8 Å². The van der Waals surface area contributed by atoms with Crippen molar-refractivity contribution < 1.29 is 14.6 Å². The molecular weight excluding hydrogens is 294 g/mol. The standard InChI is InChI=1S/C17H33N3O3/c1-13(2)23-12-9-18-17(22)19-14-7-10-20(11-8-14)15-5-3-4-6-16(15)21/h13-16,21H,3-12H2,1-2H3,(H2,18,19,22)/t15-,16-/m1/s1. The Morgan fingerprint density at radius 2 is 1.91 bits per heavy atom. The number of piperidine rings is 1. The van der Waals surface area contributed by atoms with Gasteiger partial charge in [0.2, 0.25) is 0 Å². The third-order valence-corrected chi connectivity index (χ3v) is 4.87. The van der Waals surface area contributed by atoms with Crippen LogP contribution >= 0.6 is 0 Å². The first-order valence-corrected chi connectivity index (χ1v) is 9.14. The molecule has 23 heavy (non-hydrogen) atoms. The smallest absolute Gasteiger partial charge is 0.315 e. The molecule has 0 aromatic carbocycles. The van der Waals surface area contributed by atoms with Crippen molar-refractivity contribution in [2.24, 2.45) is 0 Å². The fourth-order valence-corrected chi connectivity index (χ4v) is 3.59. The predicted octanol–water partition coefficient (Wildman–Crippen LogP) is 1.48. The quantitative estimate of drug-likeness (QED) is 0.646. The summed E-state index contributed by atoms with van der Waals surface area (Å²) in [7, 11) is 0. The van der Waals surface area contributed by atoms with E-state index >= 15 is 0 Å². The van der Waals surface area contributed by atoms with Crippen LogP contribution in [0.2, 0.25) is 0 Å². The highest BCUT2D eigenvalue weighted by Crippen LogP contribution is 2.25. The van der Waals surface area contributed by atoms with Crippen molar-refractivity contribution in [3.63, 3.8) is 0 Å². The molecule has 0 aromatic heterocycles. The topological polar surface area (TPSA) is 73.8 Å². The van der Waals surface area contributed by atoms with Crippen LogP contribution in [0.15, 0.2) is 0 Å². The van der Waals surface area contributed by atoms with Crippen molar-refractivity contribution in [1.29, 1.82) is 0 Å². The third kappa shape index (κ3) is 6.28. The minimum atomic E-state index is -0.169. The van der Waals surface area contributed by atoms with Crippen molar-refractivity contribution in [2.75, 3.05) is 26.2 Å². The van der Waals surface area contributed by atoms with Crippen LogP contribution in [0.4, 0.5) is 4.79 Å². The molecule has 0 aromatic rings. The number of urea groups is 1. The van der Waals surface area contributed by atoms with Gasteiger partial charge in [0.25, 0.3) is 0 Å². The summed E-state index contributed by atoms with van der Waals surface area (Å²) in [4.78, 5) is 14.3. The third-order valence-electron chi connectivity index (χ3n) is 4.87. The summed E-state index contributed by atoms with van der Waals surface area (Å²) in [5.41, 5.74) is 0. The van der Waals surface area contributed by atoms with Gasteiger partial charge in [-0.05, 0) is 39.5 Å². The van der Waals surface area contributed by atoms with Gasteiger partial charge in [0.1, 0.15) is 0 Å². The Labute approximate surface area is 139 Å². The molecule has 1 aliphatic heterocycles. The van der Waals surface area contributed by atoms with Crippen LogP contribution in [-0.2, 0) is 4.74 Å². The van der Waals surface area contributed by atoms with Crippen LogP contribution in [0.3, 0.4) is 0 Å². The van der Waals surface area contributed by atoms with Crippen molar-refractivity contribution >= 4 is 6.03 Å². The second-order valence-electron chi connectivity index (χ2n) is 7.05. The lowest BCUT2D eigenvalue weighted by Gasteiger charge is -2.41. The van der Waals surface area contributed by atoms with E-state index in [0.29, 0.717) is 19.2 Å². The number of carbonyl (C=O) groups is 1. The summed E-state index contributed by atoms with van der Waals surface area (Å²) >= 11 is 0. The fraction of sp³-hybridized carbons (Fsp3) is 0.941. The minimum absolute atomic E-state index is 0.103. The summed E-state index contributed by atoms with van der Waals surface area (Å²) in [6, 6.07) is 0.457. The van der Waals surface area contributed by atoms with Crippen molar-refractivity contribution in [1.82, 2.24) is 15.5 Å². The molecule has 0 unspecified atom stereocenters. The molecule has 2 fully saturated rings. The zero-order valence-corrected chi connectivity index (χ0v) is 14.6. The molecule has 1 saturated heterocycles. The first-order valence-electron chi connectivity index (χ1n) is 9.14. The molecule has 0 radical (unpaired) electrons. The Bertz CT molecular complexity index is 357. The molecule has 6 nitrogen and oxygen atoms in total. The molecule has 134 valence electrons. The van der Waals surface area contributed by atoms with Crippen LogP contribution in [0.5, 0.6) is 0 Å². The van der Waals surface area contributed by atoms with Gasteiger partial charge in [0.15, 0.2) is 0 Å². The molecule has 2 rings (SSSR count). The maximum absolute atomic E-state index is 11.9. The predicted molar refractivity (Wildman–Crippen MR) is 90.5 cm³/mol. The number of amides is 2. The fourth-order valence-electron chi connectivity index (χ4n) is 3.59. The number of aliphatic hydroxyl groups excluding tert-OH is 1. The SMILES string of the molecule is CC(C)OCCNC(=O)NC1CCN([C@@H]2CCCC[C@H]2O)CC1. The molecule has 2 atom stereocenters. The molecule has 0 spiro atoms. The van der Waals surface area contributed by atoms with Gasteiger partial charge in [0, 0.05) is 31.7 Å². The highest BCUT2D eigenvalue weighted by atomic mass is 16.5. The van der Waals surface area contributed by atoms with E-state index in [1.807, 2.05) is 13.8 Å². The van der Waals surface area contributed by atoms with Gasteiger partial charge in [0.05, 0.1) is 18.8 Å². The van der Waals surface area contributed by atoms with E-state index in [9.17, 15) is 9.90 Å². The van der Waals surface area contributed by atoms with Crippen LogP contribution in [0, 0.1) is 0 Å². The van der Waals surface area contributed by atoms with Gasteiger partial charge in [-0.3, -0.25) is 4.90 Å². The Hall–Kier alpha value is -0.850. The first-order chi connectivity index (χ1) is 11.1. The molecule has 2 aliphatic rings. The number of rotatable bonds is 6. The molecule has 6 heteroatoms. The lowest BCUT2D eigenvalue weighted by molar-refractivity contribution is 0.00775. The Morgan fingerprint density at radius 1 is 1.22 bits per heavy atom. The van der Waals surface area contributed by atoms with Crippen molar-refractivity contribution in [3.05, 3.63) is 0 Å². The summed E-state index contributed by atoms with van der Waals surface area (Å²) in [6.07, 6.45) is 6.35. The number of nitrogens with one attached hydrogen (secondary N) is 2. The number of ether oxygens (including phenoxy) is 1. The maximum atomic E-state index is 11.9. The van der Waals surface area contributed by atoms with Crippen LogP contribution in [0.1, 0.15) is 52.4 Å². The zero-order valence-electron chi connectivity index (χ0n) is 14.6. The van der Waals surface area contributed by atoms with E-state index in [1.54, 1.807) is 0 Å². The van der Waals surface area contributed by atoms with Crippen molar-refractivity contribution in [2.45, 2.75) is 76.7 Å². The molecule has 0 bridgehead atoms. The van der Waals surface area contributed by atoms with E-state index in [4.69, 9.17) is 4.74 Å². The molecule has 3 N–H and O–H groups in total. The normalized spacial score (nSPS) is 27.1. The van der Waals surface area contributed by atoms with Crippen molar-refractivity contribution in [3.8, 4) is 0 Å². The lowest BCUT2D eigenvalue weighted by atomic mass is 9.89. The Kier molecular flexibility index (Phi) is 7.59. The number of nitrogens with zero attached hydrogens (tertiary/aromatic N) is 1. The first kappa shape index (κ1) is 18.5. The van der Waals surface area contributed by atoms with E-state index in [2.05, 4.69) is 15.5 Å². The second-order valence-corrected chi connectivity index (χ2v) is 7.05. The van der Waals surface area contributed by atoms with Gasteiger partial charge in [-0.15, -0.1) is 0 Å². The van der Waals surface area contributed by atoms with Crippen LogP contribution in [0.25, 0.3) is 0 Å². The largest absolute Gasteiger partial charge is 0.391 e. The summed E-state index contributed by atoms with van der Waals surface area (Å²) < 4.78 is 5.40.